The van der Waals surface area contributed by atoms with E-state index < -0.39 is 0 Å². The average Bonchev–Trinajstić information content (AvgIpc) is 1.57. The molecule has 0 radical (unpaired) electrons. The van der Waals surface area contributed by atoms with Crippen molar-refractivity contribution in [1.29, 1.82) is 0 Å². The van der Waals surface area contributed by atoms with Gasteiger partial charge >= 0.3 is 0 Å². The zero-order chi connectivity index (χ0) is 6.15. The van der Waals surface area contributed by atoms with Crippen molar-refractivity contribution in [3.05, 3.63) is 11.1 Å². The van der Waals surface area contributed by atoms with E-state index in [0.717, 1.165) is 0 Å². The number of likely N-dealkylation sites (tertiary alicyclic amines) is 1. The molecule has 1 saturated heterocycles. The van der Waals surface area contributed by atoms with Crippen LogP contribution in [0.4, 0.5) is 0 Å². The number of allylic oxidation sites excluding steroid dienone is 1. The van der Waals surface area contributed by atoms with E-state index in [1.807, 2.05) is 0 Å². The SMILES string of the molecule is CC(C)=C1CN(C)C1. The third kappa shape index (κ3) is 0.920. The summed E-state index contributed by atoms with van der Waals surface area (Å²) < 4.78 is 0. The summed E-state index contributed by atoms with van der Waals surface area (Å²) in [6.45, 7) is 6.76. The van der Waals surface area contributed by atoms with Crippen molar-refractivity contribution in [3.8, 4) is 0 Å². The van der Waals surface area contributed by atoms with Crippen LogP contribution in [0.25, 0.3) is 0 Å². The van der Waals surface area contributed by atoms with Crippen LogP contribution in [0.2, 0.25) is 0 Å². The molecule has 0 aromatic rings. The zero-order valence-corrected chi connectivity index (χ0v) is 5.86. The highest BCUT2D eigenvalue weighted by Gasteiger charge is 2.15. The Morgan fingerprint density at radius 3 is 2.00 bits per heavy atom. The zero-order valence-electron chi connectivity index (χ0n) is 5.86. The lowest BCUT2D eigenvalue weighted by Crippen LogP contribution is -2.36. The third-order valence-electron chi connectivity index (χ3n) is 1.63. The first-order valence-electron chi connectivity index (χ1n) is 3.04. The third-order valence-corrected chi connectivity index (χ3v) is 1.63. The molecule has 1 aliphatic rings. The second-order valence-electron chi connectivity index (χ2n) is 2.78. The molecular formula is C7H13N. The number of likely N-dealkylation sites (N-methyl/N-ethyl adjacent to an activating group) is 1. The molecule has 0 N–H and O–H groups in total. The Bertz CT molecular complexity index is 112. The minimum Gasteiger partial charge on any atom is -0.298 e. The molecule has 0 saturated carbocycles. The molecule has 1 heteroatoms. The highest BCUT2D eigenvalue weighted by molar-refractivity contribution is 5.19. The van der Waals surface area contributed by atoms with Gasteiger partial charge in [-0.1, -0.05) is 5.57 Å². The lowest BCUT2D eigenvalue weighted by Gasteiger charge is -2.31. The minimum atomic E-state index is 1.20. The van der Waals surface area contributed by atoms with Gasteiger partial charge in [-0.15, -0.1) is 0 Å². The van der Waals surface area contributed by atoms with Gasteiger partial charge in [0.25, 0.3) is 0 Å². The Morgan fingerprint density at radius 1 is 1.38 bits per heavy atom. The summed E-state index contributed by atoms with van der Waals surface area (Å²) in [5, 5.41) is 0. The predicted octanol–water partition coefficient (Wildman–Crippen LogP) is 1.27. The molecule has 0 bridgehead atoms. The number of rotatable bonds is 0. The molecule has 0 aromatic carbocycles. The molecule has 0 aliphatic carbocycles. The van der Waals surface area contributed by atoms with Gasteiger partial charge in [-0.05, 0) is 26.5 Å². The van der Waals surface area contributed by atoms with Crippen LogP contribution < -0.4 is 0 Å². The predicted molar refractivity (Wildman–Crippen MR) is 35.9 cm³/mol. The van der Waals surface area contributed by atoms with Crippen molar-refractivity contribution in [2.45, 2.75) is 13.8 Å². The van der Waals surface area contributed by atoms with Gasteiger partial charge in [-0.25, -0.2) is 0 Å². The lowest BCUT2D eigenvalue weighted by molar-refractivity contribution is 0.307. The highest BCUT2D eigenvalue weighted by atomic mass is 15.1. The van der Waals surface area contributed by atoms with E-state index in [1.165, 1.54) is 18.7 Å². The first-order valence-corrected chi connectivity index (χ1v) is 3.04. The molecule has 1 fully saturated rings. The van der Waals surface area contributed by atoms with Crippen molar-refractivity contribution in [1.82, 2.24) is 4.90 Å². The fourth-order valence-electron chi connectivity index (χ4n) is 0.922. The Hall–Kier alpha value is -0.300. The summed E-state index contributed by atoms with van der Waals surface area (Å²) in [7, 11) is 2.15. The standard InChI is InChI=1S/C7H13N/c1-6(2)7-4-8(3)5-7/h4-5H2,1-3H3. The van der Waals surface area contributed by atoms with Crippen molar-refractivity contribution in [3.63, 3.8) is 0 Å². The van der Waals surface area contributed by atoms with Crippen LogP contribution in [-0.4, -0.2) is 25.0 Å². The molecule has 46 valence electrons. The average molecular weight is 111 g/mol. The van der Waals surface area contributed by atoms with Crippen LogP contribution in [0, 0.1) is 0 Å². The summed E-state index contributed by atoms with van der Waals surface area (Å²) in [6, 6.07) is 0. The molecule has 0 amide bonds. The van der Waals surface area contributed by atoms with Crippen molar-refractivity contribution in [2.75, 3.05) is 20.1 Å². The van der Waals surface area contributed by atoms with Gasteiger partial charge in [0.15, 0.2) is 0 Å². The maximum Gasteiger partial charge on any atom is 0.0208 e. The van der Waals surface area contributed by atoms with Gasteiger partial charge < -0.3 is 0 Å². The normalized spacial score (nSPS) is 20.6. The van der Waals surface area contributed by atoms with E-state index in [2.05, 4.69) is 25.8 Å². The van der Waals surface area contributed by atoms with Gasteiger partial charge in [0.1, 0.15) is 0 Å². The van der Waals surface area contributed by atoms with Crippen LogP contribution in [0.5, 0.6) is 0 Å². The van der Waals surface area contributed by atoms with Gasteiger partial charge in [-0.3, -0.25) is 4.90 Å². The van der Waals surface area contributed by atoms with Gasteiger partial charge in [0.05, 0.1) is 0 Å². The molecule has 0 unspecified atom stereocenters. The second kappa shape index (κ2) is 1.90. The molecule has 0 atom stereocenters. The van der Waals surface area contributed by atoms with Gasteiger partial charge in [-0.2, -0.15) is 0 Å². The quantitative estimate of drug-likeness (QED) is 0.425. The van der Waals surface area contributed by atoms with Crippen molar-refractivity contribution >= 4 is 0 Å². The van der Waals surface area contributed by atoms with Crippen LogP contribution in [0.3, 0.4) is 0 Å². The molecule has 1 heterocycles. The summed E-state index contributed by atoms with van der Waals surface area (Å²) in [6.07, 6.45) is 0. The molecule has 0 aromatic heterocycles. The Balaban J connectivity index is 2.45. The fraction of sp³-hybridized carbons (Fsp3) is 0.714. The van der Waals surface area contributed by atoms with Crippen molar-refractivity contribution in [2.24, 2.45) is 0 Å². The van der Waals surface area contributed by atoms with E-state index in [0.29, 0.717) is 0 Å². The van der Waals surface area contributed by atoms with Crippen LogP contribution in [0.15, 0.2) is 11.1 Å². The Morgan fingerprint density at radius 2 is 1.88 bits per heavy atom. The van der Waals surface area contributed by atoms with Crippen LogP contribution >= 0.6 is 0 Å². The van der Waals surface area contributed by atoms with Gasteiger partial charge in [0.2, 0.25) is 0 Å². The number of nitrogens with zero attached hydrogens (tertiary/aromatic N) is 1. The molecule has 8 heavy (non-hydrogen) atoms. The largest absolute Gasteiger partial charge is 0.298 e. The first-order chi connectivity index (χ1) is 3.70. The first kappa shape index (κ1) is 5.83. The van der Waals surface area contributed by atoms with Gasteiger partial charge in [0, 0.05) is 13.1 Å². The number of hydrogen-bond acceptors (Lipinski definition) is 1. The maximum atomic E-state index is 2.31. The maximum absolute atomic E-state index is 2.31. The summed E-state index contributed by atoms with van der Waals surface area (Å²) >= 11 is 0. The van der Waals surface area contributed by atoms with Crippen LogP contribution in [0.1, 0.15) is 13.8 Å². The van der Waals surface area contributed by atoms with E-state index >= 15 is 0 Å². The summed E-state index contributed by atoms with van der Waals surface area (Å²) in [5.41, 5.74) is 3.12. The molecular weight excluding hydrogens is 98.1 g/mol. The number of hydrogen-bond donors (Lipinski definition) is 0. The molecule has 1 nitrogen and oxygen atoms in total. The molecule has 1 aliphatic heterocycles. The Labute approximate surface area is 51.0 Å². The fourth-order valence-corrected chi connectivity index (χ4v) is 0.922. The van der Waals surface area contributed by atoms with E-state index in [1.54, 1.807) is 5.57 Å². The smallest absolute Gasteiger partial charge is 0.0208 e. The summed E-state index contributed by atoms with van der Waals surface area (Å²) in [5.74, 6) is 0. The van der Waals surface area contributed by atoms with Crippen LogP contribution in [-0.2, 0) is 0 Å². The Kier molecular flexibility index (Phi) is 1.39. The topological polar surface area (TPSA) is 3.24 Å². The second-order valence-corrected chi connectivity index (χ2v) is 2.78. The van der Waals surface area contributed by atoms with E-state index in [9.17, 15) is 0 Å². The van der Waals surface area contributed by atoms with Crippen molar-refractivity contribution < 1.29 is 0 Å². The molecule has 1 rings (SSSR count). The monoisotopic (exact) mass is 111 g/mol. The molecule has 0 spiro atoms. The highest BCUT2D eigenvalue weighted by Crippen LogP contribution is 2.14. The minimum absolute atomic E-state index is 1.20. The van der Waals surface area contributed by atoms with E-state index in [-0.39, 0.29) is 0 Å². The lowest BCUT2D eigenvalue weighted by atomic mass is 10.0. The van der Waals surface area contributed by atoms with E-state index in [4.69, 9.17) is 0 Å². The summed E-state index contributed by atoms with van der Waals surface area (Å²) in [4.78, 5) is 2.31.